The number of aliphatic hydroxyl groups is 1. The van der Waals surface area contributed by atoms with Gasteiger partial charge in [-0.15, -0.1) is 0 Å². The average Bonchev–Trinajstić information content (AvgIpc) is 3.70. The molecule has 0 spiro atoms. The number of aromatic nitrogens is 2. The van der Waals surface area contributed by atoms with Crippen LogP contribution in [0.25, 0.3) is 0 Å². The monoisotopic (exact) mass is 756 g/mol. The molecule has 55 heavy (non-hydrogen) atoms. The number of carbonyl (C=O) groups excluding carboxylic acids is 6. The van der Waals surface area contributed by atoms with Crippen LogP contribution in [0.4, 0.5) is 10.5 Å². The maximum absolute atomic E-state index is 13.4. The number of aryl methyl sites for hydroxylation is 1. The highest BCUT2D eigenvalue weighted by molar-refractivity contribution is 6.25. The molecule has 0 bridgehead atoms. The lowest BCUT2D eigenvalue weighted by molar-refractivity contribution is -0.160. The normalized spacial score (nSPS) is 28.9. The summed E-state index contributed by atoms with van der Waals surface area (Å²) in [4.78, 5) is 81.0. The van der Waals surface area contributed by atoms with E-state index >= 15 is 0 Å². The van der Waals surface area contributed by atoms with Crippen LogP contribution in [0.2, 0.25) is 0 Å². The number of hydrogen-bond donors (Lipinski definition) is 4. The van der Waals surface area contributed by atoms with Gasteiger partial charge in [0.1, 0.15) is 18.2 Å². The molecule has 15 heteroatoms. The first kappa shape index (κ1) is 38.0. The quantitative estimate of drug-likeness (QED) is 0.140. The van der Waals surface area contributed by atoms with Crippen LogP contribution in [0.3, 0.4) is 0 Å². The maximum atomic E-state index is 13.4. The lowest BCUT2D eigenvalue weighted by Gasteiger charge is -2.43. The molecule has 15 nitrogen and oxygen atoms in total. The topological polar surface area (TPSA) is 198 Å². The van der Waals surface area contributed by atoms with Crippen LogP contribution in [-0.2, 0) is 36.9 Å². The van der Waals surface area contributed by atoms with Gasteiger partial charge in [-0.05, 0) is 67.6 Å². The zero-order valence-electron chi connectivity index (χ0n) is 31.1. The van der Waals surface area contributed by atoms with E-state index in [4.69, 9.17) is 9.47 Å². The number of benzene rings is 1. The Labute approximate surface area is 318 Å². The van der Waals surface area contributed by atoms with E-state index in [1.807, 2.05) is 10.8 Å². The number of ether oxygens (including phenoxy) is 2. The van der Waals surface area contributed by atoms with Crippen molar-refractivity contribution in [3.8, 4) is 0 Å². The largest absolute Gasteiger partial charge is 0.462 e. The summed E-state index contributed by atoms with van der Waals surface area (Å²) in [5.41, 5.74) is 2.69. The molecular weight excluding hydrogens is 708 g/mol. The molecule has 1 unspecified atom stereocenters. The molecular formula is C40H48N6O9. The van der Waals surface area contributed by atoms with Gasteiger partial charge in [0.15, 0.2) is 0 Å². The third kappa shape index (κ3) is 8.36. The number of anilines is 1. The van der Waals surface area contributed by atoms with E-state index in [1.165, 1.54) is 5.57 Å². The van der Waals surface area contributed by atoms with Crippen molar-refractivity contribution in [2.24, 2.45) is 23.7 Å². The van der Waals surface area contributed by atoms with Crippen LogP contribution in [0.5, 0.6) is 0 Å². The number of carbonyl (C=O) groups is 6. The number of cyclic esters (lactones) is 1. The lowest BCUT2D eigenvalue weighted by atomic mass is 9.65. The number of esters is 1. The van der Waals surface area contributed by atoms with Gasteiger partial charge >= 0.3 is 12.1 Å². The molecule has 1 aromatic carbocycles. The molecule has 4 N–H and O–H groups in total. The first-order chi connectivity index (χ1) is 26.4. The Morgan fingerprint density at radius 3 is 2.75 bits per heavy atom. The van der Waals surface area contributed by atoms with Crippen LogP contribution >= 0.6 is 0 Å². The number of rotatable bonds is 12. The van der Waals surface area contributed by atoms with Gasteiger partial charge in [-0.3, -0.25) is 34.2 Å². The van der Waals surface area contributed by atoms with E-state index in [0.717, 1.165) is 17.7 Å². The summed E-state index contributed by atoms with van der Waals surface area (Å²) in [7, 11) is 0. The number of amides is 5. The fourth-order valence-electron chi connectivity index (χ4n) is 8.74. The second-order valence-corrected chi connectivity index (χ2v) is 15.4. The zero-order chi connectivity index (χ0) is 38.8. The number of aliphatic hydroxyl groups excluding tert-OH is 1. The summed E-state index contributed by atoms with van der Waals surface area (Å²) in [5.74, 6) is -1.87. The number of allylic oxidation sites excluding steroid dienone is 3. The molecule has 2 fully saturated rings. The van der Waals surface area contributed by atoms with Gasteiger partial charge in [-0.1, -0.05) is 38.1 Å². The van der Waals surface area contributed by atoms with Crippen molar-refractivity contribution in [2.45, 2.75) is 103 Å². The van der Waals surface area contributed by atoms with Crippen molar-refractivity contribution in [3.05, 3.63) is 71.3 Å². The number of fused-ring (bicyclic) bond motifs is 2. The summed E-state index contributed by atoms with van der Waals surface area (Å²) in [6, 6.07) is 3.86. The Kier molecular flexibility index (Phi) is 11.2. The zero-order valence-corrected chi connectivity index (χ0v) is 31.1. The predicted molar refractivity (Wildman–Crippen MR) is 197 cm³/mol. The minimum absolute atomic E-state index is 0.0315. The number of imide groups is 2. The lowest BCUT2D eigenvalue weighted by Crippen LogP contribution is -2.54. The van der Waals surface area contributed by atoms with Gasteiger partial charge in [-0.2, -0.15) is 0 Å². The van der Waals surface area contributed by atoms with E-state index < -0.39 is 41.9 Å². The van der Waals surface area contributed by atoms with Crippen molar-refractivity contribution >= 4 is 41.4 Å². The number of imidazole rings is 1. The van der Waals surface area contributed by atoms with Crippen molar-refractivity contribution in [2.75, 3.05) is 11.9 Å². The summed E-state index contributed by atoms with van der Waals surface area (Å²) >= 11 is 0. The van der Waals surface area contributed by atoms with E-state index in [-0.39, 0.29) is 78.8 Å². The highest BCUT2D eigenvalue weighted by atomic mass is 16.6. The Bertz CT molecular complexity index is 1920. The van der Waals surface area contributed by atoms with Crippen LogP contribution in [-0.4, -0.2) is 86.1 Å². The van der Waals surface area contributed by atoms with Crippen molar-refractivity contribution in [3.63, 3.8) is 0 Å². The van der Waals surface area contributed by atoms with Gasteiger partial charge in [0.25, 0.3) is 11.8 Å². The third-order valence-corrected chi connectivity index (χ3v) is 11.4. The maximum Gasteiger partial charge on any atom is 0.407 e. The van der Waals surface area contributed by atoms with E-state index in [0.29, 0.717) is 43.7 Å². The molecule has 7 rings (SSSR count). The molecule has 2 aromatic rings. The second-order valence-electron chi connectivity index (χ2n) is 15.4. The highest BCUT2D eigenvalue weighted by Gasteiger charge is 2.46. The number of alkyl carbamates (subject to hydrolysis) is 1. The highest BCUT2D eigenvalue weighted by Crippen LogP contribution is 2.45. The Morgan fingerprint density at radius 2 is 1.95 bits per heavy atom. The third-order valence-electron chi connectivity index (χ3n) is 11.4. The van der Waals surface area contributed by atoms with Gasteiger partial charge in [0.05, 0.1) is 42.2 Å². The minimum atomic E-state index is -1.04. The molecule has 1 aromatic heterocycles. The van der Waals surface area contributed by atoms with Crippen molar-refractivity contribution < 1.29 is 43.3 Å². The standard InChI is InChI=1S/C40H48N6O9/c1-22-15-24-8-7-23(2)28(10-9-27-17-26(47)18-34(49)54-27)35(24)32(16-22)55-40(53)41-13-4-14-45-20-25(43-21-45)19-42-30-6-3-5-29-36(30)39(52)46(38(29)51)31-11-12-33(48)44-37(31)50/h3,5-8,15,20-23,26-28,31-32,35,42,47H,4,9-14,16-19H2,1-2H3,(H,41,53)(H,44,48,50)/t22-,23-,26+,27+,28-,31?,32-,35-/m0/s1. The number of hydrogen-bond acceptors (Lipinski definition) is 11. The predicted octanol–water partition coefficient (Wildman–Crippen LogP) is 3.63. The fraction of sp³-hybridized carbons (Fsp3) is 0.525. The fourth-order valence-corrected chi connectivity index (χ4v) is 8.74. The molecule has 2 saturated heterocycles. The average molecular weight is 757 g/mol. The smallest absolute Gasteiger partial charge is 0.407 e. The first-order valence-corrected chi connectivity index (χ1v) is 19.3. The van der Waals surface area contributed by atoms with E-state index in [1.54, 1.807) is 24.5 Å². The summed E-state index contributed by atoms with van der Waals surface area (Å²) in [5, 5.41) is 18.4. The summed E-state index contributed by atoms with van der Waals surface area (Å²) in [6.45, 7) is 5.55. The molecule has 0 saturated carbocycles. The van der Waals surface area contributed by atoms with Gasteiger partial charge in [0.2, 0.25) is 11.8 Å². The molecule has 4 heterocycles. The van der Waals surface area contributed by atoms with Crippen LogP contribution < -0.4 is 16.0 Å². The minimum Gasteiger partial charge on any atom is -0.462 e. The van der Waals surface area contributed by atoms with Gasteiger partial charge in [-0.25, -0.2) is 9.78 Å². The first-order valence-electron chi connectivity index (χ1n) is 19.3. The van der Waals surface area contributed by atoms with Gasteiger partial charge < -0.3 is 29.8 Å². The van der Waals surface area contributed by atoms with Crippen molar-refractivity contribution in [1.82, 2.24) is 25.1 Å². The number of piperidine rings is 1. The molecule has 5 amide bonds. The Balaban J connectivity index is 0.884. The molecule has 5 aliphatic rings. The molecule has 0 radical (unpaired) electrons. The number of nitrogens with one attached hydrogen (secondary N) is 3. The van der Waals surface area contributed by atoms with Crippen molar-refractivity contribution in [1.29, 1.82) is 0 Å². The SMILES string of the molecule is C[C@H]1C=C2C=C[C@H](C)[C@H](CC[C@@H]3C[C@@H](O)CC(=O)O3)[C@H]2[C@@H](OC(=O)NCCCn2cnc(CNc3cccc4c3C(=O)N(C3CCC(=O)NC3=O)C4=O)c2)C1. The Hall–Kier alpha value is -5.31. The molecule has 2 aliphatic carbocycles. The van der Waals surface area contributed by atoms with E-state index in [9.17, 15) is 33.9 Å². The summed E-state index contributed by atoms with van der Waals surface area (Å²) < 4.78 is 13.5. The van der Waals surface area contributed by atoms with Gasteiger partial charge in [0, 0.05) is 43.7 Å². The number of nitrogens with zero attached hydrogens (tertiary/aromatic N) is 3. The molecule has 3 aliphatic heterocycles. The van der Waals surface area contributed by atoms with Crippen LogP contribution in [0.15, 0.2) is 54.5 Å². The summed E-state index contributed by atoms with van der Waals surface area (Å²) in [6.07, 6.45) is 11.8. The Morgan fingerprint density at radius 1 is 1.11 bits per heavy atom. The van der Waals surface area contributed by atoms with E-state index in [2.05, 4.69) is 53.0 Å². The second kappa shape index (κ2) is 16.2. The molecule has 292 valence electrons. The van der Waals surface area contributed by atoms with Crippen LogP contribution in [0, 0.1) is 23.7 Å². The molecule has 8 atom stereocenters. The van der Waals surface area contributed by atoms with Crippen LogP contribution in [0.1, 0.15) is 91.6 Å².